The van der Waals surface area contributed by atoms with Crippen molar-refractivity contribution in [1.29, 1.82) is 0 Å². The Hall–Kier alpha value is -1.21. The molecule has 1 saturated heterocycles. The summed E-state index contributed by atoms with van der Waals surface area (Å²) in [7, 11) is -8.97. The lowest BCUT2D eigenvalue weighted by Gasteiger charge is -2.24. The molecule has 22 heteroatoms. The van der Waals surface area contributed by atoms with Gasteiger partial charge in [-0.05, 0) is 12.8 Å². The average molecular weight is 1180 g/mol. The van der Waals surface area contributed by atoms with Crippen molar-refractivity contribution >= 4 is 23.8 Å². The maximum absolute atomic E-state index is 13.2. The number of unbranched alkanes of at least 4 members (excludes halogenated alkanes) is 30. The van der Waals surface area contributed by atoms with Crippen molar-refractivity contribution in [3.05, 3.63) is 11.5 Å². The van der Waals surface area contributed by atoms with E-state index in [0.717, 1.165) is 32.1 Å². The number of hydrogen-bond donors (Lipinski definition) is 9. The minimum absolute atomic E-state index is 0.0330. The first-order valence-corrected chi connectivity index (χ1v) is 33.7. The predicted octanol–water partition coefficient (Wildman–Crippen LogP) is 8.54. The van der Waals surface area contributed by atoms with Crippen molar-refractivity contribution in [2.75, 3.05) is 72.6 Å². The Morgan fingerprint density at radius 3 is 1.57 bits per heavy atom. The fraction of sp³-hybridized carbons (Fsp3) is 0.947. The number of aliphatic hydroxyl groups excluding tert-OH is 6. The quantitative estimate of drug-likeness (QED) is 0.0203. The van der Waals surface area contributed by atoms with Gasteiger partial charge in [0.15, 0.2) is 6.29 Å². The van der Waals surface area contributed by atoms with Gasteiger partial charge in [0.1, 0.15) is 36.6 Å². The molecule has 9 atom stereocenters. The van der Waals surface area contributed by atoms with Gasteiger partial charge in [0, 0.05) is 26.3 Å². The Balaban J connectivity index is 2.43. The SMILES string of the molecule is C=C(CC(=O)NCCOCCOP(=O)(O)O[C@@H]1C(O)[C@H](OCC(O)C(O)C(O)CO)O[C@@H]1CO)S(=O)(=O)NCC(COCCCCCCCCCCCCCCCCCC)OCCCCCCCCCCCCCCCCCC. The van der Waals surface area contributed by atoms with E-state index in [0.29, 0.717) is 13.2 Å². The molecule has 0 saturated carbocycles. The molecular formula is C57H113N2O18PS. The van der Waals surface area contributed by atoms with E-state index >= 15 is 0 Å². The summed E-state index contributed by atoms with van der Waals surface area (Å²) in [5.41, 5.74) is 0. The van der Waals surface area contributed by atoms with Crippen LogP contribution in [0.4, 0.5) is 0 Å². The van der Waals surface area contributed by atoms with Crippen molar-refractivity contribution in [3.8, 4) is 0 Å². The second-order valence-corrected chi connectivity index (χ2v) is 24.7. The van der Waals surface area contributed by atoms with Crippen molar-refractivity contribution in [2.24, 2.45) is 0 Å². The van der Waals surface area contributed by atoms with Gasteiger partial charge in [-0.2, -0.15) is 0 Å². The molecule has 0 aromatic heterocycles. The molecule has 1 aliphatic rings. The minimum Gasteiger partial charge on any atom is -0.394 e. The van der Waals surface area contributed by atoms with Crippen LogP contribution in [0.3, 0.4) is 0 Å². The summed E-state index contributed by atoms with van der Waals surface area (Å²) < 4.78 is 79.5. The van der Waals surface area contributed by atoms with Crippen LogP contribution in [-0.2, 0) is 52.1 Å². The topological polar surface area (TPSA) is 299 Å². The van der Waals surface area contributed by atoms with E-state index in [4.69, 9.17) is 37.8 Å². The normalized spacial score (nSPS) is 19.1. The molecule has 0 bridgehead atoms. The number of hydrogen-bond acceptors (Lipinski definition) is 17. The third-order valence-corrected chi connectivity index (χ3v) is 16.7. The zero-order valence-corrected chi connectivity index (χ0v) is 50.6. The van der Waals surface area contributed by atoms with Gasteiger partial charge in [0.25, 0.3) is 0 Å². The predicted molar refractivity (Wildman–Crippen MR) is 308 cm³/mol. The highest BCUT2D eigenvalue weighted by molar-refractivity contribution is 7.93. The first-order chi connectivity index (χ1) is 38.1. The lowest BCUT2D eigenvalue weighted by atomic mass is 10.0. The molecule has 1 aliphatic heterocycles. The number of aliphatic hydroxyl groups is 6. The number of phosphoric ester groups is 1. The summed E-state index contributed by atoms with van der Waals surface area (Å²) in [6.45, 7) is 6.31. The number of sulfonamides is 1. The van der Waals surface area contributed by atoms with E-state index in [-0.39, 0.29) is 37.8 Å². The first kappa shape index (κ1) is 75.8. The summed E-state index contributed by atoms with van der Waals surface area (Å²) in [5.74, 6) is -0.617. The van der Waals surface area contributed by atoms with Crippen molar-refractivity contribution in [3.63, 3.8) is 0 Å². The van der Waals surface area contributed by atoms with E-state index in [9.17, 15) is 48.2 Å². The molecule has 1 rings (SSSR count). The number of amides is 1. The number of ether oxygens (including phenoxy) is 5. The number of carbonyl (C=O) groups excluding carboxylic acids is 1. The zero-order valence-electron chi connectivity index (χ0n) is 48.9. The maximum Gasteiger partial charge on any atom is 0.472 e. The Labute approximate surface area is 476 Å². The van der Waals surface area contributed by atoms with Crippen LogP contribution in [0, 0.1) is 0 Å². The molecule has 0 aromatic carbocycles. The molecule has 0 spiro atoms. The second-order valence-electron chi connectivity index (χ2n) is 21.4. The molecule has 0 radical (unpaired) electrons. The lowest BCUT2D eigenvalue weighted by Crippen LogP contribution is -2.43. The van der Waals surface area contributed by atoms with Crippen LogP contribution in [0.1, 0.15) is 226 Å². The van der Waals surface area contributed by atoms with Gasteiger partial charge in [0.2, 0.25) is 15.9 Å². The van der Waals surface area contributed by atoms with Crippen LogP contribution in [0.5, 0.6) is 0 Å². The molecule has 0 aliphatic carbocycles. The molecule has 1 fully saturated rings. The molecule has 9 N–H and O–H groups in total. The molecule has 1 amide bonds. The summed E-state index contributed by atoms with van der Waals surface area (Å²) in [4.78, 5) is 22.6. The largest absolute Gasteiger partial charge is 0.472 e. The van der Waals surface area contributed by atoms with E-state index < -0.39 is 106 Å². The van der Waals surface area contributed by atoms with E-state index in [2.05, 4.69) is 30.5 Å². The van der Waals surface area contributed by atoms with Gasteiger partial charge in [0.05, 0.1) is 63.7 Å². The van der Waals surface area contributed by atoms with Crippen LogP contribution in [0.25, 0.3) is 0 Å². The summed E-state index contributed by atoms with van der Waals surface area (Å²) in [6.07, 6.45) is 28.4. The number of nitrogens with one attached hydrogen (secondary N) is 2. The van der Waals surface area contributed by atoms with Crippen molar-refractivity contribution in [2.45, 2.75) is 275 Å². The minimum atomic E-state index is -4.88. The molecular weight excluding hydrogens is 1060 g/mol. The van der Waals surface area contributed by atoms with Crippen LogP contribution < -0.4 is 10.0 Å². The second kappa shape index (κ2) is 50.1. The van der Waals surface area contributed by atoms with Crippen molar-refractivity contribution in [1.82, 2.24) is 10.0 Å². The van der Waals surface area contributed by atoms with Gasteiger partial charge in [-0.3, -0.25) is 13.8 Å². The van der Waals surface area contributed by atoms with E-state index in [1.807, 2.05) is 0 Å². The standard InChI is InChI=1S/C57H113N2O18PS/c1-4-6-8-10-12-14-16-18-20-22-24-26-28-30-32-34-37-72-46-49(73-38-35-33-31-29-27-25-23-21-19-17-15-13-11-9-7-5-2)43-59-79(69,70)48(3)42-53(64)58-36-39-71-40-41-75-78(67,68)77-56-52(45-61)76-57(55(56)66)74-47-51(63)54(65)50(62)44-60/h49-52,54-57,59-63,65-66H,3-47H2,1-2H3,(H,58,64)(H,67,68)/t49?,50?,51?,52-,54?,55?,56+,57-/m1/s1. The summed E-state index contributed by atoms with van der Waals surface area (Å²) in [5, 5.41) is 61.0. The molecule has 79 heavy (non-hydrogen) atoms. The van der Waals surface area contributed by atoms with Gasteiger partial charge < -0.3 is 64.5 Å². The highest BCUT2D eigenvalue weighted by Crippen LogP contribution is 2.47. The number of phosphoric acid groups is 1. The van der Waals surface area contributed by atoms with Crippen molar-refractivity contribution < 1.29 is 86.0 Å². The van der Waals surface area contributed by atoms with Gasteiger partial charge >= 0.3 is 7.82 Å². The number of carbonyl (C=O) groups is 1. The zero-order chi connectivity index (χ0) is 58.3. The number of rotatable bonds is 59. The molecule has 1 heterocycles. The Kier molecular flexibility index (Phi) is 48.1. The van der Waals surface area contributed by atoms with Gasteiger partial charge in [-0.1, -0.05) is 213 Å². The highest BCUT2D eigenvalue weighted by atomic mass is 32.2. The molecule has 20 nitrogen and oxygen atoms in total. The van der Waals surface area contributed by atoms with Gasteiger partial charge in [-0.25, -0.2) is 17.7 Å². The Morgan fingerprint density at radius 2 is 1.10 bits per heavy atom. The van der Waals surface area contributed by atoms with E-state index in [1.54, 1.807) is 0 Å². The monoisotopic (exact) mass is 1180 g/mol. The summed E-state index contributed by atoms with van der Waals surface area (Å²) in [6, 6.07) is 0. The van der Waals surface area contributed by atoms with Crippen LogP contribution >= 0.6 is 7.82 Å². The average Bonchev–Trinajstić information content (AvgIpc) is 3.76. The van der Waals surface area contributed by atoms with Gasteiger partial charge in [-0.15, -0.1) is 0 Å². The molecule has 0 aromatic rings. The highest BCUT2D eigenvalue weighted by Gasteiger charge is 2.48. The fourth-order valence-corrected chi connectivity index (χ4v) is 11.1. The third kappa shape index (κ3) is 40.7. The van der Waals surface area contributed by atoms with E-state index in [1.165, 1.54) is 173 Å². The fourth-order valence-electron chi connectivity index (χ4n) is 9.21. The summed E-state index contributed by atoms with van der Waals surface area (Å²) >= 11 is 0. The Bertz CT molecular complexity index is 1610. The van der Waals surface area contributed by atoms with Crippen LogP contribution in [0.15, 0.2) is 11.5 Å². The first-order valence-electron chi connectivity index (χ1n) is 30.7. The Morgan fingerprint density at radius 1 is 0.633 bits per heavy atom. The lowest BCUT2D eigenvalue weighted by molar-refractivity contribution is -0.194. The van der Waals surface area contributed by atoms with Crippen LogP contribution in [-0.4, -0.2) is 171 Å². The maximum atomic E-state index is 13.2. The molecule has 6 unspecified atom stereocenters. The molecule has 470 valence electrons. The van der Waals surface area contributed by atoms with Crippen LogP contribution in [0.2, 0.25) is 0 Å². The third-order valence-electron chi connectivity index (χ3n) is 14.2. The smallest absolute Gasteiger partial charge is 0.394 e.